The number of nitrogens with one attached hydrogen (secondary N) is 1. The maximum Gasteiger partial charge on any atom is 0.118 e. The van der Waals surface area contributed by atoms with Crippen molar-refractivity contribution in [3.63, 3.8) is 0 Å². The van der Waals surface area contributed by atoms with Crippen LogP contribution in [0.2, 0.25) is 21.4 Å². The van der Waals surface area contributed by atoms with Gasteiger partial charge in [-0.2, -0.15) is 0 Å². The fourth-order valence-electron chi connectivity index (χ4n) is 4.05. The van der Waals surface area contributed by atoms with Crippen LogP contribution >= 0.6 is 0 Å². The third-order valence-electron chi connectivity index (χ3n) is 5.72. The van der Waals surface area contributed by atoms with Crippen LogP contribution in [0.5, 0.6) is 0 Å². The van der Waals surface area contributed by atoms with E-state index in [1.807, 2.05) is 6.92 Å². The molecule has 0 aromatic heterocycles. The van der Waals surface area contributed by atoms with Gasteiger partial charge in [0.05, 0.1) is 0 Å². The standard InChI is InChI=1S/C17H29NOSi.2C4H9.Zr/c1-13-10-11-14(12-13)17(2,19)16(20(3)4)18-15-8-6-5-7-9-15;2*1-4(2)3;/h10,12,15,18-19H,5-9,11H2,1-4H3;2*4H,1H2,2-3H3;. The van der Waals surface area contributed by atoms with E-state index in [0.29, 0.717) is 6.04 Å². The third kappa shape index (κ3) is 10.4. The summed E-state index contributed by atoms with van der Waals surface area (Å²) < 4.78 is 3.14. The largest absolute Gasteiger partial charge is 0.387 e. The Morgan fingerprint density at radius 3 is 2.10 bits per heavy atom. The van der Waals surface area contributed by atoms with Gasteiger partial charge in [0.2, 0.25) is 0 Å². The molecular weight excluding hydrogens is 450 g/mol. The van der Waals surface area contributed by atoms with Gasteiger partial charge in [0, 0.05) is 19.7 Å². The minimum absolute atomic E-state index is 0.0709. The molecule has 0 saturated heterocycles. The Hall–Kier alpha value is 0.210. The molecule has 2 aliphatic carbocycles. The molecule has 1 fully saturated rings. The summed E-state index contributed by atoms with van der Waals surface area (Å²) in [6.07, 6.45) is 11.8. The van der Waals surface area contributed by atoms with Crippen molar-refractivity contribution in [3.8, 4) is 0 Å². The van der Waals surface area contributed by atoms with Crippen LogP contribution in [0.15, 0.2) is 23.3 Å². The molecule has 0 aromatic carbocycles. The second kappa shape index (κ2) is 13.6. The van der Waals surface area contributed by atoms with Crippen LogP contribution in [-0.4, -0.2) is 30.5 Å². The zero-order valence-electron chi connectivity index (χ0n) is 20.5. The predicted molar refractivity (Wildman–Crippen MR) is 129 cm³/mol. The molecule has 0 amide bonds. The van der Waals surface area contributed by atoms with E-state index in [1.165, 1.54) is 43.0 Å². The molecule has 2 rings (SSSR count). The van der Waals surface area contributed by atoms with Crippen molar-refractivity contribution in [1.29, 1.82) is 0 Å². The maximum atomic E-state index is 11.1. The van der Waals surface area contributed by atoms with E-state index in [-0.39, 0.29) is 23.2 Å². The van der Waals surface area contributed by atoms with E-state index in [2.05, 4.69) is 65.2 Å². The van der Waals surface area contributed by atoms with Crippen LogP contribution in [0.3, 0.4) is 0 Å². The van der Waals surface area contributed by atoms with Gasteiger partial charge in [0.15, 0.2) is 0 Å². The number of rotatable bonds is 8. The van der Waals surface area contributed by atoms with Gasteiger partial charge in [-0.25, -0.2) is 0 Å². The second-order valence-electron chi connectivity index (χ2n) is 10.2. The first-order valence-corrected chi connectivity index (χ1v) is 17.8. The monoisotopic (exact) mass is 495 g/mol. The van der Waals surface area contributed by atoms with Gasteiger partial charge in [-0.3, -0.25) is 0 Å². The topological polar surface area (TPSA) is 32.3 Å². The minimum Gasteiger partial charge on any atom is -0.387 e. The van der Waals surface area contributed by atoms with E-state index in [0.717, 1.165) is 23.8 Å². The number of allylic oxidation sites excluding steroid dienone is 3. The fourth-order valence-corrected chi connectivity index (χ4v) is 8.92. The van der Waals surface area contributed by atoms with Gasteiger partial charge < -0.3 is 10.4 Å². The number of aliphatic hydroxyl groups is 1. The summed E-state index contributed by atoms with van der Waals surface area (Å²) in [5.41, 5.74) is 1.64. The van der Waals surface area contributed by atoms with Crippen LogP contribution in [0.1, 0.15) is 80.1 Å². The molecule has 166 valence electrons. The van der Waals surface area contributed by atoms with Crippen LogP contribution in [0, 0.1) is 11.8 Å². The molecule has 0 aliphatic heterocycles. The van der Waals surface area contributed by atoms with Crippen LogP contribution in [0.4, 0.5) is 0 Å². The van der Waals surface area contributed by atoms with Gasteiger partial charge >= 0.3 is 71.0 Å². The van der Waals surface area contributed by atoms with Crippen molar-refractivity contribution in [1.82, 2.24) is 5.32 Å². The van der Waals surface area contributed by atoms with Gasteiger partial charge in [0.1, 0.15) is 5.60 Å². The van der Waals surface area contributed by atoms with E-state index >= 15 is 0 Å². The summed E-state index contributed by atoms with van der Waals surface area (Å²) in [6, 6.07) is 0.571. The quantitative estimate of drug-likeness (QED) is 0.370. The zero-order chi connectivity index (χ0) is 22.0. The first-order valence-electron chi connectivity index (χ1n) is 11.8. The Labute approximate surface area is 194 Å². The Morgan fingerprint density at radius 2 is 1.69 bits per heavy atom. The van der Waals surface area contributed by atoms with Crippen LogP contribution < -0.4 is 5.32 Å². The van der Waals surface area contributed by atoms with Gasteiger partial charge in [-0.15, -0.1) is 0 Å². The minimum atomic E-state index is -0.788. The fraction of sp³-hybridized carbons (Fsp3) is 0.800. The summed E-state index contributed by atoms with van der Waals surface area (Å²) in [4.78, 5) is 0. The normalized spacial score (nSPS) is 19.1. The van der Waals surface area contributed by atoms with Crippen molar-refractivity contribution in [2.75, 3.05) is 0 Å². The first-order chi connectivity index (χ1) is 13.5. The zero-order valence-corrected chi connectivity index (χ0v) is 23.9. The molecule has 29 heavy (non-hydrogen) atoms. The van der Waals surface area contributed by atoms with Crippen molar-refractivity contribution in [3.05, 3.63) is 23.3 Å². The molecule has 1 atom stereocenters. The molecule has 0 aromatic rings. The third-order valence-corrected chi connectivity index (χ3v) is 12.8. The molecule has 4 heteroatoms. The molecule has 1 saturated carbocycles. The van der Waals surface area contributed by atoms with Crippen molar-refractivity contribution in [2.45, 2.75) is 113 Å². The average Bonchev–Trinajstić information content (AvgIpc) is 3.07. The summed E-state index contributed by atoms with van der Waals surface area (Å²) in [5.74, 6) is 1.94. The van der Waals surface area contributed by atoms with Crippen molar-refractivity contribution in [2.24, 2.45) is 11.8 Å². The molecular formula is C25H47NOSiZr. The molecule has 0 spiro atoms. The molecule has 2 nitrogen and oxygen atoms in total. The van der Waals surface area contributed by atoms with E-state index < -0.39 is 14.0 Å². The van der Waals surface area contributed by atoms with Crippen molar-refractivity contribution < 1.29 is 28.3 Å². The molecule has 0 radical (unpaired) electrons. The first kappa shape index (κ1) is 27.2. The molecule has 0 bridgehead atoms. The van der Waals surface area contributed by atoms with Gasteiger partial charge in [-0.1, -0.05) is 50.1 Å². The van der Waals surface area contributed by atoms with Crippen LogP contribution in [-0.2, 0) is 23.2 Å². The van der Waals surface area contributed by atoms with E-state index in [1.54, 1.807) is 8.26 Å². The Balaban J connectivity index is 0.000000396. The summed E-state index contributed by atoms with van der Waals surface area (Å²) in [7, 11) is -0.691. The van der Waals surface area contributed by atoms with Crippen LogP contribution in [0.25, 0.3) is 0 Å². The Morgan fingerprint density at radius 1 is 1.14 bits per heavy atom. The molecule has 2 aliphatic rings. The van der Waals surface area contributed by atoms with E-state index in [4.69, 9.17) is 0 Å². The average molecular weight is 497 g/mol. The number of hydrogen-bond acceptors (Lipinski definition) is 2. The smallest absolute Gasteiger partial charge is 0.118 e. The second-order valence-corrected chi connectivity index (χ2v) is 15.9. The van der Waals surface area contributed by atoms with E-state index in [9.17, 15) is 5.11 Å². The Kier molecular flexibility index (Phi) is 12.8. The molecule has 1 unspecified atom stereocenters. The molecule has 0 heterocycles. The maximum absolute atomic E-state index is 11.1. The predicted octanol–water partition coefficient (Wildman–Crippen LogP) is 6.62. The number of hydrogen-bond donors (Lipinski definition) is 2. The SMILES string of the molecule is CC(C)[CH2][Zr][CH2]C(C)C.CC1=CCC(C(C)(O)C(NC2CCCCC2)=[Si](C)C)=C1. The van der Waals surface area contributed by atoms with Crippen molar-refractivity contribution >= 4 is 13.7 Å². The summed E-state index contributed by atoms with van der Waals surface area (Å²) >= 11 is 0.0709. The molecule has 2 N–H and O–H groups in total. The summed E-state index contributed by atoms with van der Waals surface area (Å²) in [6.45, 7) is 18.0. The Bertz CT molecular complexity index is 572. The van der Waals surface area contributed by atoms with Gasteiger partial charge in [-0.05, 0) is 38.7 Å². The summed E-state index contributed by atoms with van der Waals surface area (Å²) in [5, 5.41) is 16.1. The van der Waals surface area contributed by atoms with Gasteiger partial charge in [0.25, 0.3) is 0 Å².